The van der Waals surface area contributed by atoms with Crippen molar-refractivity contribution in [2.24, 2.45) is 0 Å². The Labute approximate surface area is 75.1 Å². The molecular weight excluding hydrogens is 174 g/mol. The lowest BCUT2D eigenvalue weighted by molar-refractivity contribution is 0.195. The number of rotatable bonds is 2. The Morgan fingerprint density at radius 3 is 3.17 bits per heavy atom. The van der Waals surface area contributed by atoms with Crippen LogP contribution in [0.4, 0.5) is 5.13 Å². The van der Waals surface area contributed by atoms with E-state index in [1.807, 2.05) is 6.92 Å². The first-order valence-electron chi connectivity index (χ1n) is 3.99. The standard InChI is InChI=1S/C7H11N3OS/c1-5-8-7(12-10-5)9-6-2-3-11-4-6/h6H,2-4H2,1H3,(H,8,9,10). The van der Waals surface area contributed by atoms with Gasteiger partial charge in [0.1, 0.15) is 5.82 Å². The average molecular weight is 185 g/mol. The Bertz CT molecular complexity index is 257. The molecule has 0 aliphatic carbocycles. The Morgan fingerprint density at radius 2 is 2.58 bits per heavy atom. The molecule has 1 atom stereocenters. The number of nitrogens with zero attached hydrogens (tertiary/aromatic N) is 2. The zero-order valence-corrected chi connectivity index (χ0v) is 7.73. The lowest BCUT2D eigenvalue weighted by Gasteiger charge is -2.06. The van der Waals surface area contributed by atoms with Crippen LogP contribution in [0.15, 0.2) is 0 Å². The molecule has 0 radical (unpaired) electrons. The molecule has 1 aromatic rings. The topological polar surface area (TPSA) is 47.0 Å². The van der Waals surface area contributed by atoms with E-state index < -0.39 is 0 Å². The van der Waals surface area contributed by atoms with E-state index >= 15 is 0 Å². The summed E-state index contributed by atoms with van der Waals surface area (Å²) in [5.74, 6) is 0.835. The van der Waals surface area contributed by atoms with Crippen molar-refractivity contribution in [1.82, 2.24) is 9.36 Å². The first-order valence-corrected chi connectivity index (χ1v) is 4.76. The normalized spacial score (nSPS) is 22.9. The fourth-order valence-electron chi connectivity index (χ4n) is 1.18. The van der Waals surface area contributed by atoms with E-state index in [2.05, 4.69) is 14.7 Å². The molecule has 0 amide bonds. The molecule has 1 aliphatic rings. The van der Waals surface area contributed by atoms with Crippen molar-refractivity contribution < 1.29 is 4.74 Å². The molecule has 1 aromatic heterocycles. The monoisotopic (exact) mass is 185 g/mol. The maximum absolute atomic E-state index is 5.23. The molecular formula is C7H11N3OS. The van der Waals surface area contributed by atoms with Crippen LogP contribution < -0.4 is 5.32 Å². The van der Waals surface area contributed by atoms with Crippen LogP contribution in [0.2, 0.25) is 0 Å². The van der Waals surface area contributed by atoms with E-state index in [-0.39, 0.29) is 0 Å². The van der Waals surface area contributed by atoms with Crippen molar-refractivity contribution in [2.75, 3.05) is 18.5 Å². The molecule has 66 valence electrons. The van der Waals surface area contributed by atoms with Gasteiger partial charge in [0.15, 0.2) is 0 Å². The summed E-state index contributed by atoms with van der Waals surface area (Å²) in [4.78, 5) is 4.21. The van der Waals surface area contributed by atoms with Gasteiger partial charge in [0, 0.05) is 18.1 Å². The van der Waals surface area contributed by atoms with Gasteiger partial charge in [-0.05, 0) is 13.3 Å². The SMILES string of the molecule is Cc1nsc(NC2CCOC2)n1. The quantitative estimate of drug-likeness (QED) is 0.748. The predicted molar refractivity (Wildman–Crippen MR) is 47.5 cm³/mol. The molecule has 0 aromatic carbocycles. The molecule has 5 heteroatoms. The second kappa shape index (κ2) is 3.37. The number of ether oxygens (including phenoxy) is 1. The summed E-state index contributed by atoms with van der Waals surface area (Å²) in [5.41, 5.74) is 0. The maximum atomic E-state index is 5.23. The first-order chi connectivity index (χ1) is 5.84. The van der Waals surface area contributed by atoms with Gasteiger partial charge >= 0.3 is 0 Å². The van der Waals surface area contributed by atoms with Gasteiger partial charge in [-0.2, -0.15) is 4.37 Å². The average Bonchev–Trinajstić information content (AvgIpc) is 2.63. The predicted octanol–water partition coefficient (Wildman–Crippen LogP) is 1.05. The highest BCUT2D eigenvalue weighted by molar-refractivity contribution is 7.09. The van der Waals surface area contributed by atoms with Crippen molar-refractivity contribution in [2.45, 2.75) is 19.4 Å². The fourth-order valence-corrected chi connectivity index (χ4v) is 1.83. The van der Waals surface area contributed by atoms with Crippen LogP contribution in [0, 0.1) is 6.92 Å². The molecule has 4 nitrogen and oxygen atoms in total. The van der Waals surface area contributed by atoms with Crippen molar-refractivity contribution in [3.63, 3.8) is 0 Å². The lowest BCUT2D eigenvalue weighted by atomic mass is 10.3. The first kappa shape index (κ1) is 7.94. The van der Waals surface area contributed by atoms with Gasteiger partial charge in [-0.15, -0.1) is 0 Å². The van der Waals surface area contributed by atoms with E-state index in [0.29, 0.717) is 6.04 Å². The molecule has 2 rings (SSSR count). The number of anilines is 1. The molecule has 1 fully saturated rings. The van der Waals surface area contributed by atoms with Gasteiger partial charge in [0.2, 0.25) is 5.13 Å². The summed E-state index contributed by atoms with van der Waals surface area (Å²) in [6.45, 7) is 3.54. The van der Waals surface area contributed by atoms with Crippen LogP contribution in [0.1, 0.15) is 12.2 Å². The molecule has 1 unspecified atom stereocenters. The zero-order chi connectivity index (χ0) is 8.39. The van der Waals surface area contributed by atoms with Gasteiger partial charge in [0.05, 0.1) is 12.6 Å². The van der Waals surface area contributed by atoms with Crippen LogP contribution in [-0.4, -0.2) is 28.6 Å². The highest BCUT2D eigenvalue weighted by Crippen LogP contribution is 2.15. The molecule has 0 bridgehead atoms. The highest BCUT2D eigenvalue weighted by atomic mass is 32.1. The largest absolute Gasteiger partial charge is 0.379 e. The van der Waals surface area contributed by atoms with Gasteiger partial charge in [-0.25, -0.2) is 4.98 Å². The zero-order valence-electron chi connectivity index (χ0n) is 6.91. The van der Waals surface area contributed by atoms with Gasteiger partial charge in [-0.1, -0.05) is 0 Å². The van der Waals surface area contributed by atoms with Crippen LogP contribution in [-0.2, 0) is 4.74 Å². The van der Waals surface area contributed by atoms with E-state index in [1.54, 1.807) is 0 Å². The number of hydrogen-bond donors (Lipinski definition) is 1. The van der Waals surface area contributed by atoms with Crippen LogP contribution in [0.3, 0.4) is 0 Å². The minimum absolute atomic E-state index is 0.428. The Kier molecular flexibility index (Phi) is 2.23. The van der Waals surface area contributed by atoms with Crippen molar-refractivity contribution in [3.8, 4) is 0 Å². The van der Waals surface area contributed by atoms with E-state index in [1.165, 1.54) is 11.5 Å². The third kappa shape index (κ3) is 1.73. The van der Waals surface area contributed by atoms with Crippen molar-refractivity contribution >= 4 is 16.7 Å². The fraction of sp³-hybridized carbons (Fsp3) is 0.714. The molecule has 0 spiro atoms. The Balaban J connectivity index is 1.94. The van der Waals surface area contributed by atoms with Crippen LogP contribution in [0.25, 0.3) is 0 Å². The second-order valence-electron chi connectivity index (χ2n) is 2.85. The highest BCUT2D eigenvalue weighted by Gasteiger charge is 2.16. The summed E-state index contributed by atoms with van der Waals surface area (Å²) >= 11 is 1.41. The summed E-state index contributed by atoms with van der Waals surface area (Å²) in [5, 5.41) is 4.19. The summed E-state index contributed by atoms with van der Waals surface area (Å²) in [6.07, 6.45) is 1.07. The smallest absolute Gasteiger partial charge is 0.202 e. The molecule has 1 aliphatic heterocycles. The second-order valence-corrected chi connectivity index (χ2v) is 3.60. The Hall–Kier alpha value is -0.680. The molecule has 12 heavy (non-hydrogen) atoms. The third-order valence-corrected chi connectivity index (χ3v) is 2.52. The minimum atomic E-state index is 0.428. The van der Waals surface area contributed by atoms with Crippen LogP contribution in [0.5, 0.6) is 0 Å². The summed E-state index contributed by atoms with van der Waals surface area (Å²) in [6, 6.07) is 0.428. The minimum Gasteiger partial charge on any atom is -0.379 e. The molecule has 0 saturated carbocycles. The van der Waals surface area contributed by atoms with E-state index in [0.717, 1.165) is 30.6 Å². The van der Waals surface area contributed by atoms with Crippen molar-refractivity contribution in [1.29, 1.82) is 0 Å². The van der Waals surface area contributed by atoms with E-state index in [9.17, 15) is 0 Å². The van der Waals surface area contributed by atoms with Gasteiger partial charge < -0.3 is 10.1 Å². The molecule has 1 saturated heterocycles. The van der Waals surface area contributed by atoms with Gasteiger partial charge in [-0.3, -0.25) is 0 Å². The Morgan fingerprint density at radius 1 is 1.67 bits per heavy atom. The lowest BCUT2D eigenvalue weighted by Crippen LogP contribution is -2.18. The van der Waals surface area contributed by atoms with Gasteiger partial charge in [0.25, 0.3) is 0 Å². The number of hydrogen-bond acceptors (Lipinski definition) is 5. The molecule has 2 heterocycles. The third-order valence-electron chi connectivity index (χ3n) is 1.78. The number of aromatic nitrogens is 2. The van der Waals surface area contributed by atoms with Crippen molar-refractivity contribution in [3.05, 3.63) is 5.82 Å². The molecule has 1 N–H and O–H groups in total. The van der Waals surface area contributed by atoms with E-state index in [4.69, 9.17) is 4.74 Å². The maximum Gasteiger partial charge on any atom is 0.202 e. The van der Waals surface area contributed by atoms with Crippen LogP contribution >= 0.6 is 11.5 Å². The summed E-state index contributed by atoms with van der Waals surface area (Å²) < 4.78 is 9.32. The number of nitrogens with one attached hydrogen (secondary N) is 1. The number of aryl methyl sites for hydroxylation is 1. The summed E-state index contributed by atoms with van der Waals surface area (Å²) in [7, 11) is 0.